The molecular weight excluding hydrogens is 232 g/mol. The van der Waals surface area contributed by atoms with E-state index in [-0.39, 0.29) is 6.07 Å². The highest BCUT2D eigenvalue weighted by molar-refractivity contribution is 6.17. The molecule has 0 radical (unpaired) electrons. The molecule has 2 unspecified atom stereocenters. The molecule has 0 aromatic carbocycles. The lowest BCUT2D eigenvalue weighted by atomic mass is 9.93. The second-order valence-corrected chi connectivity index (χ2v) is 4.11. The van der Waals surface area contributed by atoms with Gasteiger partial charge in [0, 0.05) is 0 Å². The average Bonchev–Trinajstić information content (AvgIpc) is 2.27. The zero-order valence-corrected chi connectivity index (χ0v) is 11.0. The fourth-order valence-electron chi connectivity index (χ4n) is 1.34. The van der Waals surface area contributed by atoms with Crippen molar-refractivity contribution in [1.82, 2.24) is 0 Å². The van der Waals surface area contributed by atoms with Gasteiger partial charge in [0.2, 0.25) is 0 Å². The lowest BCUT2D eigenvalue weighted by Crippen LogP contribution is -2.15. The minimum Gasteiger partial charge on any atom is -0.416 e. The molecule has 0 aliphatic carbocycles. The van der Waals surface area contributed by atoms with Gasteiger partial charge in [-0.25, -0.2) is 4.79 Å². The maximum Gasteiger partial charge on any atom is 0.541 e. The van der Waals surface area contributed by atoms with Gasteiger partial charge in [0.1, 0.15) is 0 Å². The SMILES string of the molecule is CCC(C)CC(CC)COOC(=O)OCCl. The lowest BCUT2D eigenvalue weighted by Gasteiger charge is -2.17. The molecule has 0 saturated carbocycles. The van der Waals surface area contributed by atoms with E-state index in [1.807, 2.05) is 0 Å². The van der Waals surface area contributed by atoms with Crippen LogP contribution < -0.4 is 0 Å². The van der Waals surface area contributed by atoms with Crippen molar-refractivity contribution in [3.8, 4) is 0 Å². The molecule has 16 heavy (non-hydrogen) atoms. The number of hydrogen-bond donors (Lipinski definition) is 0. The van der Waals surface area contributed by atoms with Crippen molar-refractivity contribution in [3.05, 3.63) is 0 Å². The van der Waals surface area contributed by atoms with Crippen molar-refractivity contribution >= 4 is 17.8 Å². The van der Waals surface area contributed by atoms with E-state index < -0.39 is 6.16 Å². The number of alkyl halides is 1. The summed E-state index contributed by atoms with van der Waals surface area (Å²) < 4.78 is 4.34. The van der Waals surface area contributed by atoms with E-state index in [1.165, 1.54) is 0 Å². The fraction of sp³-hybridized carbons (Fsp3) is 0.909. The van der Waals surface area contributed by atoms with Crippen LogP contribution in [0.4, 0.5) is 4.79 Å². The summed E-state index contributed by atoms with van der Waals surface area (Å²) in [6.07, 6.45) is 2.32. The molecular formula is C11H21ClO4. The Bertz CT molecular complexity index is 187. The van der Waals surface area contributed by atoms with E-state index in [2.05, 4.69) is 30.4 Å². The molecule has 4 nitrogen and oxygen atoms in total. The molecule has 0 saturated heterocycles. The zero-order valence-electron chi connectivity index (χ0n) is 10.2. The van der Waals surface area contributed by atoms with Gasteiger partial charge >= 0.3 is 6.16 Å². The number of halogens is 1. The third-order valence-corrected chi connectivity index (χ3v) is 2.72. The summed E-state index contributed by atoms with van der Waals surface area (Å²) in [5.41, 5.74) is 0. The first-order chi connectivity index (χ1) is 7.63. The van der Waals surface area contributed by atoms with Crippen LogP contribution in [0.15, 0.2) is 0 Å². The number of hydrogen-bond acceptors (Lipinski definition) is 4. The predicted molar refractivity (Wildman–Crippen MR) is 62.1 cm³/mol. The Labute approximate surface area is 102 Å². The highest BCUT2D eigenvalue weighted by Crippen LogP contribution is 2.18. The summed E-state index contributed by atoms with van der Waals surface area (Å²) in [6, 6.07) is -0.230. The van der Waals surface area contributed by atoms with E-state index >= 15 is 0 Å². The molecule has 0 aromatic heterocycles. The Hall–Kier alpha value is -0.480. The fourth-order valence-corrected chi connectivity index (χ4v) is 1.42. The zero-order chi connectivity index (χ0) is 12.4. The normalized spacial score (nSPS) is 14.2. The van der Waals surface area contributed by atoms with E-state index in [9.17, 15) is 4.79 Å². The van der Waals surface area contributed by atoms with Crippen LogP contribution in [0.5, 0.6) is 0 Å². The van der Waals surface area contributed by atoms with Crippen LogP contribution in [0.25, 0.3) is 0 Å². The van der Waals surface area contributed by atoms with E-state index in [0.717, 1.165) is 19.3 Å². The average molecular weight is 253 g/mol. The highest BCUT2D eigenvalue weighted by Gasteiger charge is 2.13. The van der Waals surface area contributed by atoms with Gasteiger partial charge in [-0.3, -0.25) is 4.89 Å². The molecule has 0 bridgehead atoms. The first-order valence-electron chi connectivity index (χ1n) is 5.66. The standard InChI is InChI=1S/C11H21ClO4/c1-4-9(3)6-10(5-2)7-15-16-11(13)14-8-12/h9-10H,4-8H2,1-3H3. The molecule has 0 rings (SSSR count). The van der Waals surface area contributed by atoms with E-state index in [1.54, 1.807) is 0 Å². The van der Waals surface area contributed by atoms with Crippen LogP contribution >= 0.6 is 11.6 Å². The molecule has 0 fully saturated rings. The molecule has 96 valence electrons. The Morgan fingerprint density at radius 3 is 2.50 bits per heavy atom. The summed E-state index contributed by atoms with van der Waals surface area (Å²) in [5.74, 6) is 1.06. The summed E-state index contributed by atoms with van der Waals surface area (Å²) in [7, 11) is 0. The topological polar surface area (TPSA) is 44.8 Å². The Morgan fingerprint density at radius 1 is 1.31 bits per heavy atom. The highest BCUT2D eigenvalue weighted by atomic mass is 35.5. The van der Waals surface area contributed by atoms with Gasteiger partial charge < -0.3 is 4.74 Å². The predicted octanol–water partition coefficient (Wildman–Crippen LogP) is 3.73. The van der Waals surface area contributed by atoms with Gasteiger partial charge in [-0.05, 0) is 18.3 Å². The molecule has 0 spiro atoms. The van der Waals surface area contributed by atoms with Gasteiger partial charge in [0.25, 0.3) is 0 Å². The van der Waals surface area contributed by atoms with Crippen molar-refractivity contribution in [2.24, 2.45) is 11.8 Å². The van der Waals surface area contributed by atoms with Gasteiger partial charge in [-0.2, -0.15) is 4.89 Å². The van der Waals surface area contributed by atoms with Crippen LogP contribution in [-0.4, -0.2) is 18.8 Å². The van der Waals surface area contributed by atoms with Crippen LogP contribution in [0.2, 0.25) is 0 Å². The first kappa shape index (κ1) is 15.5. The molecule has 2 atom stereocenters. The first-order valence-corrected chi connectivity index (χ1v) is 6.19. The Kier molecular flexibility index (Phi) is 9.43. The van der Waals surface area contributed by atoms with Crippen molar-refractivity contribution in [1.29, 1.82) is 0 Å². The summed E-state index contributed by atoms with van der Waals surface area (Å²) in [4.78, 5) is 19.9. The lowest BCUT2D eigenvalue weighted by molar-refractivity contribution is -0.261. The minimum absolute atomic E-state index is 0.230. The second kappa shape index (κ2) is 9.73. The largest absolute Gasteiger partial charge is 0.541 e. The maximum absolute atomic E-state index is 10.7. The smallest absolute Gasteiger partial charge is 0.416 e. The third-order valence-electron chi connectivity index (χ3n) is 2.61. The Morgan fingerprint density at radius 2 is 2.00 bits per heavy atom. The molecule has 0 aromatic rings. The quantitative estimate of drug-likeness (QED) is 0.286. The number of rotatable bonds is 8. The van der Waals surface area contributed by atoms with Gasteiger partial charge in [0.15, 0.2) is 6.07 Å². The van der Waals surface area contributed by atoms with Crippen LogP contribution in [0.1, 0.15) is 40.0 Å². The summed E-state index contributed by atoms with van der Waals surface area (Å²) in [6.45, 7) is 6.85. The van der Waals surface area contributed by atoms with Crippen LogP contribution in [0, 0.1) is 11.8 Å². The van der Waals surface area contributed by atoms with E-state index in [4.69, 9.17) is 16.5 Å². The Balaban J connectivity index is 3.66. The van der Waals surface area contributed by atoms with Crippen LogP contribution in [0.3, 0.4) is 0 Å². The number of carbonyl (C=O) groups excluding carboxylic acids is 1. The van der Waals surface area contributed by atoms with Crippen molar-refractivity contribution in [2.75, 3.05) is 12.7 Å². The molecule has 0 amide bonds. The van der Waals surface area contributed by atoms with Gasteiger partial charge in [0.05, 0.1) is 6.61 Å². The molecule has 0 heterocycles. The van der Waals surface area contributed by atoms with Crippen molar-refractivity contribution in [3.63, 3.8) is 0 Å². The minimum atomic E-state index is -0.895. The second-order valence-electron chi connectivity index (χ2n) is 3.89. The van der Waals surface area contributed by atoms with E-state index in [0.29, 0.717) is 18.4 Å². The number of ether oxygens (including phenoxy) is 1. The molecule has 0 N–H and O–H groups in total. The van der Waals surface area contributed by atoms with Crippen molar-refractivity contribution in [2.45, 2.75) is 40.0 Å². The van der Waals surface area contributed by atoms with Gasteiger partial charge in [-0.1, -0.05) is 45.2 Å². The summed E-state index contributed by atoms with van der Waals surface area (Å²) in [5, 5.41) is 0. The molecule has 5 heteroatoms. The molecule has 0 aliphatic heterocycles. The maximum atomic E-state index is 10.7. The van der Waals surface area contributed by atoms with Crippen molar-refractivity contribution < 1.29 is 19.3 Å². The van der Waals surface area contributed by atoms with Gasteiger partial charge in [-0.15, -0.1) is 0 Å². The monoisotopic (exact) mass is 252 g/mol. The summed E-state index contributed by atoms with van der Waals surface area (Å²) >= 11 is 5.17. The molecule has 0 aliphatic rings. The number of carbonyl (C=O) groups is 1. The third kappa shape index (κ3) is 7.77. The van der Waals surface area contributed by atoms with Crippen LogP contribution in [-0.2, 0) is 14.5 Å².